The highest BCUT2D eigenvalue weighted by molar-refractivity contribution is 7.09. The molecule has 1 aromatic heterocycles. The van der Waals surface area contributed by atoms with Gasteiger partial charge in [-0.3, -0.25) is 4.79 Å². The van der Waals surface area contributed by atoms with E-state index in [0.717, 1.165) is 30.2 Å². The fourth-order valence-corrected chi connectivity index (χ4v) is 3.40. The number of piperidine rings is 1. The Bertz CT molecular complexity index is 436. The molecule has 2 N–H and O–H groups in total. The van der Waals surface area contributed by atoms with E-state index in [2.05, 4.69) is 27.9 Å². The average molecular weight is 368 g/mol. The van der Waals surface area contributed by atoms with Crippen molar-refractivity contribution in [3.8, 4) is 0 Å². The minimum absolute atomic E-state index is 0. The van der Waals surface area contributed by atoms with E-state index in [0.29, 0.717) is 24.8 Å². The monoisotopic (exact) mass is 367 g/mol. The maximum atomic E-state index is 11.9. The summed E-state index contributed by atoms with van der Waals surface area (Å²) >= 11 is 1.66. The van der Waals surface area contributed by atoms with Crippen molar-refractivity contribution in [2.45, 2.75) is 39.5 Å². The molecule has 7 heteroatoms. The fraction of sp³-hybridized carbons (Fsp3) is 0.733. The number of carbonyl (C=O) groups is 1. The summed E-state index contributed by atoms with van der Waals surface area (Å²) < 4.78 is 0. The van der Waals surface area contributed by atoms with Gasteiger partial charge in [0.2, 0.25) is 5.91 Å². The zero-order chi connectivity index (χ0) is 14.4. The normalized spacial score (nSPS) is 18.7. The summed E-state index contributed by atoms with van der Waals surface area (Å²) in [6.07, 6.45) is 3.96. The van der Waals surface area contributed by atoms with E-state index in [1.807, 2.05) is 6.92 Å². The van der Waals surface area contributed by atoms with Gasteiger partial charge in [0.15, 0.2) is 0 Å². The van der Waals surface area contributed by atoms with Crippen molar-refractivity contribution in [2.75, 3.05) is 19.6 Å². The van der Waals surface area contributed by atoms with Gasteiger partial charge in [0, 0.05) is 24.8 Å². The first kappa shape index (κ1) is 21.6. The van der Waals surface area contributed by atoms with Crippen LogP contribution in [0.3, 0.4) is 0 Å². The zero-order valence-electron chi connectivity index (χ0n) is 13.3. The fourth-order valence-electron chi connectivity index (χ4n) is 2.75. The summed E-state index contributed by atoms with van der Waals surface area (Å²) in [4.78, 5) is 16.3. The molecule has 2 atom stereocenters. The average Bonchev–Trinajstić information content (AvgIpc) is 2.85. The van der Waals surface area contributed by atoms with Gasteiger partial charge in [-0.05, 0) is 44.7 Å². The second-order valence-corrected chi connectivity index (χ2v) is 6.81. The number of aromatic nitrogens is 1. The van der Waals surface area contributed by atoms with Crippen LogP contribution in [0.15, 0.2) is 5.38 Å². The summed E-state index contributed by atoms with van der Waals surface area (Å²) in [5, 5.41) is 9.59. The van der Waals surface area contributed by atoms with Gasteiger partial charge in [0.25, 0.3) is 0 Å². The second kappa shape index (κ2) is 11.2. The number of nitrogens with zero attached hydrogens (tertiary/aromatic N) is 1. The van der Waals surface area contributed by atoms with Crippen molar-refractivity contribution < 1.29 is 4.79 Å². The Morgan fingerprint density at radius 2 is 2.32 bits per heavy atom. The highest BCUT2D eigenvalue weighted by atomic mass is 35.5. The van der Waals surface area contributed by atoms with Crippen molar-refractivity contribution >= 4 is 42.1 Å². The molecule has 128 valence electrons. The zero-order valence-corrected chi connectivity index (χ0v) is 15.7. The van der Waals surface area contributed by atoms with E-state index in [1.54, 1.807) is 11.3 Å². The van der Waals surface area contributed by atoms with E-state index >= 15 is 0 Å². The van der Waals surface area contributed by atoms with E-state index < -0.39 is 0 Å². The first-order chi connectivity index (χ1) is 9.65. The van der Waals surface area contributed by atoms with E-state index in [1.165, 1.54) is 12.8 Å². The van der Waals surface area contributed by atoms with Crippen molar-refractivity contribution in [3.05, 3.63) is 16.1 Å². The molecule has 2 heterocycles. The van der Waals surface area contributed by atoms with E-state index in [4.69, 9.17) is 0 Å². The molecule has 1 aromatic rings. The maximum Gasteiger partial charge on any atom is 0.220 e. The van der Waals surface area contributed by atoms with Gasteiger partial charge in [-0.1, -0.05) is 6.92 Å². The number of rotatable bonds is 6. The van der Waals surface area contributed by atoms with Crippen LogP contribution in [0.4, 0.5) is 0 Å². The molecule has 1 amide bonds. The number of hydrogen-bond donors (Lipinski definition) is 2. The number of halogens is 2. The van der Waals surface area contributed by atoms with Crippen LogP contribution in [-0.4, -0.2) is 30.5 Å². The van der Waals surface area contributed by atoms with E-state index in [9.17, 15) is 4.79 Å². The molecule has 1 saturated heterocycles. The first-order valence-corrected chi connectivity index (χ1v) is 8.41. The third kappa shape index (κ3) is 7.27. The Balaban J connectivity index is 0.00000220. The number of amides is 1. The largest absolute Gasteiger partial charge is 0.356 e. The van der Waals surface area contributed by atoms with Gasteiger partial charge in [-0.2, -0.15) is 0 Å². The second-order valence-electron chi connectivity index (χ2n) is 5.75. The van der Waals surface area contributed by atoms with Crippen LogP contribution < -0.4 is 10.6 Å². The smallest absolute Gasteiger partial charge is 0.220 e. The number of nitrogens with one attached hydrogen (secondary N) is 2. The van der Waals surface area contributed by atoms with Gasteiger partial charge >= 0.3 is 0 Å². The maximum absolute atomic E-state index is 11.9. The molecule has 0 spiro atoms. The van der Waals surface area contributed by atoms with Gasteiger partial charge in [0.05, 0.1) is 10.7 Å². The summed E-state index contributed by atoms with van der Waals surface area (Å²) in [5.74, 6) is 1.29. The minimum Gasteiger partial charge on any atom is -0.356 e. The molecule has 0 saturated carbocycles. The lowest BCUT2D eigenvalue weighted by molar-refractivity contribution is -0.122. The molecule has 2 rings (SSSR count). The van der Waals surface area contributed by atoms with Crippen LogP contribution in [0.25, 0.3) is 0 Å². The number of aryl methyl sites for hydroxylation is 1. The Labute approximate surface area is 149 Å². The van der Waals surface area contributed by atoms with Crippen LogP contribution in [0.1, 0.15) is 36.9 Å². The van der Waals surface area contributed by atoms with Crippen LogP contribution in [0.5, 0.6) is 0 Å². The standard InChI is InChI=1S/C15H25N3OS.2ClH/c1-11(13-4-3-6-16-9-13)8-15(19)17-7-5-14-10-20-12(2)18-14;;/h10-11,13,16H,3-9H2,1-2H3,(H,17,19);2*1H. The van der Waals surface area contributed by atoms with E-state index in [-0.39, 0.29) is 30.7 Å². The van der Waals surface area contributed by atoms with Crippen LogP contribution in [-0.2, 0) is 11.2 Å². The van der Waals surface area contributed by atoms with Gasteiger partial charge < -0.3 is 10.6 Å². The van der Waals surface area contributed by atoms with Gasteiger partial charge in [-0.15, -0.1) is 36.2 Å². The Morgan fingerprint density at radius 1 is 1.55 bits per heavy atom. The lowest BCUT2D eigenvalue weighted by atomic mass is 9.85. The van der Waals surface area contributed by atoms with Gasteiger partial charge in [-0.25, -0.2) is 4.98 Å². The SMILES string of the molecule is Cc1nc(CCNC(=O)CC(C)C2CCCNC2)cs1.Cl.Cl. The molecule has 0 aliphatic carbocycles. The molecule has 0 aromatic carbocycles. The number of carbonyl (C=O) groups excluding carboxylic acids is 1. The molecule has 4 nitrogen and oxygen atoms in total. The van der Waals surface area contributed by atoms with Crippen LogP contribution in [0.2, 0.25) is 0 Å². The summed E-state index contributed by atoms with van der Waals surface area (Å²) in [6.45, 7) is 7.08. The third-order valence-corrected chi connectivity index (χ3v) is 4.84. The summed E-state index contributed by atoms with van der Waals surface area (Å²) in [5.41, 5.74) is 1.08. The van der Waals surface area contributed by atoms with Crippen molar-refractivity contribution in [1.82, 2.24) is 15.6 Å². The molecule has 1 aliphatic rings. The minimum atomic E-state index is 0. The lowest BCUT2D eigenvalue weighted by Crippen LogP contribution is -2.36. The van der Waals surface area contributed by atoms with Crippen molar-refractivity contribution in [1.29, 1.82) is 0 Å². The summed E-state index contributed by atoms with van der Waals surface area (Å²) in [7, 11) is 0. The lowest BCUT2D eigenvalue weighted by Gasteiger charge is -2.28. The Kier molecular flexibility index (Phi) is 11.0. The molecule has 0 bridgehead atoms. The highest BCUT2D eigenvalue weighted by Crippen LogP contribution is 2.22. The number of thiazole rings is 1. The summed E-state index contributed by atoms with van der Waals surface area (Å²) in [6, 6.07) is 0. The molecule has 1 fully saturated rings. The Morgan fingerprint density at radius 3 is 2.91 bits per heavy atom. The molecule has 22 heavy (non-hydrogen) atoms. The molecule has 1 aliphatic heterocycles. The first-order valence-electron chi connectivity index (χ1n) is 7.53. The van der Waals surface area contributed by atoms with Crippen LogP contribution in [0, 0.1) is 18.8 Å². The predicted molar refractivity (Wildman–Crippen MR) is 97.4 cm³/mol. The van der Waals surface area contributed by atoms with Crippen molar-refractivity contribution in [3.63, 3.8) is 0 Å². The highest BCUT2D eigenvalue weighted by Gasteiger charge is 2.21. The predicted octanol–water partition coefficient (Wildman–Crippen LogP) is 2.98. The van der Waals surface area contributed by atoms with Crippen LogP contribution >= 0.6 is 36.2 Å². The third-order valence-electron chi connectivity index (χ3n) is 4.02. The quantitative estimate of drug-likeness (QED) is 0.812. The topological polar surface area (TPSA) is 54.0 Å². The van der Waals surface area contributed by atoms with Crippen molar-refractivity contribution in [2.24, 2.45) is 11.8 Å². The molecule has 0 radical (unpaired) electrons. The molecule has 2 unspecified atom stereocenters. The molecular formula is C15H27Cl2N3OS. The van der Waals surface area contributed by atoms with Gasteiger partial charge in [0.1, 0.15) is 0 Å². The Hall–Kier alpha value is -0.360. The molecular weight excluding hydrogens is 341 g/mol. The number of hydrogen-bond acceptors (Lipinski definition) is 4.